The third-order valence-corrected chi connectivity index (χ3v) is 9.35. The van der Waals surface area contributed by atoms with Gasteiger partial charge in [-0.2, -0.15) is 10.1 Å². The van der Waals surface area contributed by atoms with E-state index in [-0.39, 0.29) is 40.3 Å². The van der Waals surface area contributed by atoms with Gasteiger partial charge in [0.25, 0.3) is 17.4 Å². The zero-order valence-corrected chi connectivity index (χ0v) is 30.4. The van der Waals surface area contributed by atoms with Crippen LogP contribution in [0.3, 0.4) is 0 Å². The zero-order valence-electron chi connectivity index (χ0n) is 30.4. The molecule has 1 aliphatic rings. The first-order chi connectivity index (χ1) is 26.5. The summed E-state index contributed by atoms with van der Waals surface area (Å²) in [4.78, 5) is 55.5. The molecule has 6 aromatic rings. The van der Waals surface area contributed by atoms with Crippen molar-refractivity contribution in [2.45, 2.75) is 25.9 Å². The Labute approximate surface area is 315 Å². The summed E-state index contributed by atoms with van der Waals surface area (Å²) in [5.41, 5.74) is 2.21. The second-order valence-electron chi connectivity index (χ2n) is 13.6. The van der Waals surface area contributed by atoms with Gasteiger partial charge in [0.15, 0.2) is 0 Å². The summed E-state index contributed by atoms with van der Waals surface area (Å²) in [5.74, 6) is -0.486. The summed E-state index contributed by atoms with van der Waals surface area (Å²) < 4.78 is 15.0. The quantitative estimate of drug-likeness (QED) is 0.129. The van der Waals surface area contributed by atoms with Crippen LogP contribution in [0.5, 0.6) is 0 Å². The van der Waals surface area contributed by atoms with Gasteiger partial charge in [0, 0.05) is 62.6 Å². The van der Waals surface area contributed by atoms with Crippen molar-refractivity contribution in [1.29, 1.82) is 0 Å². The number of aromatic nitrogens is 5. The topological polar surface area (TPSA) is 181 Å². The lowest BCUT2D eigenvalue weighted by Gasteiger charge is -2.36. The van der Waals surface area contributed by atoms with E-state index in [1.54, 1.807) is 61.2 Å². The van der Waals surface area contributed by atoms with E-state index in [0.717, 1.165) is 5.69 Å². The standard InChI is InChI=1S/C40H39FN10O4/c1-40(2,55)33-9-6-10-34(45-33)46-35-30(36(52)42-3)23-43-39(47-35)44-25-12-14-26(15-13-25)50-17-19-51(20-18-50)38(54)29-21-24(11-16-31(29)41)22-32-27-7-4-5-8-28(27)37(53)49-48-32/h4-16,21,23,55H,17-20,22H2,1-3H3,(H,42,52)(H,49,53)(H2,43,44,45,46,47). The lowest BCUT2D eigenvalue weighted by Crippen LogP contribution is -2.49. The van der Waals surface area contributed by atoms with Crippen molar-refractivity contribution < 1.29 is 19.1 Å². The fourth-order valence-electron chi connectivity index (χ4n) is 6.37. The van der Waals surface area contributed by atoms with Gasteiger partial charge in [-0.3, -0.25) is 14.4 Å². The Balaban J connectivity index is 0.993. The number of rotatable bonds is 10. The maximum absolute atomic E-state index is 15.0. The van der Waals surface area contributed by atoms with Crippen LogP contribution in [-0.4, -0.2) is 80.2 Å². The van der Waals surface area contributed by atoms with E-state index >= 15 is 4.39 Å². The number of hydrogen-bond donors (Lipinski definition) is 5. The number of nitrogens with one attached hydrogen (secondary N) is 4. The van der Waals surface area contributed by atoms with Gasteiger partial charge in [0.05, 0.1) is 22.3 Å². The van der Waals surface area contributed by atoms with Crippen LogP contribution in [-0.2, 0) is 12.0 Å². The molecule has 0 spiro atoms. The Bertz CT molecular complexity index is 2440. The van der Waals surface area contributed by atoms with Gasteiger partial charge in [-0.15, -0.1) is 0 Å². The van der Waals surface area contributed by atoms with Crippen LogP contribution < -0.4 is 26.4 Å². The number of pyridine rings is 1. The van der Waals surface area contributed by atoms with E-state index in [2.05, 4.69) is 46.0 Å². The van der Waals surface area contributed by atoms with Gasteiger partial charge in [-0.1, -0.05) is 30.3 Å². The molecular formula is C40H39FN10O4. The third-order valence-electron chi connectivity index (χ3n) is 9.35. The van der Waals surface area contributed by atoms with E-state index < -0.39 is 11.4 Å². The monoisotopic (exact) mass is 742 g/mol. The highest BCUT2D eigenvalue weighted by Crippen LogP contribution is 2.26. The molecule has 280 valence electrons. The number of aliphatic hydroxyl groups is 1. The zero-order chi connectivity index (χ0) is 38.7. The molecule has 1 aliphatic heterocycles. The number of aromatic amines is 1. The van der Waals surface area contributed by atoms with Crippen LogP contribution in [0.4, 0.5) is 33.3 Å². The largest absolute Gasteiger partial charge is 0.384 e. The molecule has 0 saturated carbocycles. The van der Waals surface area contributed by atoms with Gasteiger partial charge in [-0.05, 0) is 74.0 Å². The van der Waals surface area contributed by atoms with Crippen LogP contribution in [0, 0.1) is 5.82 Å². The Morgan fingerprint density at radius 2 is 1.64 bits per heavy atom. The summed E-state index contributed by atoms with van der Waals surface area (Å²) in [6, 6.07) is 24.5. The summed E-state index contributed by atoms with van der Waals surface area (Å²) in [7, 11) is 1.52. The molecule has 0 unspecified atom stereocenters. The molecule has 5 N–H and O–H groups in total. The highest BCUT2D eigenvalue weighted by molar-refractivity contribution is 5.99. The number of H-pyrrole nitrogens is 1. The van der Waals surface area contributed by atoms with Crippen LogP contribution in [0.25, 0.3) is 10.8 Å². The van der Waals surface area contributed by atoms with Crippen molar-refractivity contribution >= 4 is 51.5 Å². The van der Waals surface area contributed by atoms with Gasteiger partial charge in [0.2, 0.25) is 5.95 Å². The molecule has 2 amide bonds. The van der Waals surface area contributed by atoms with Crippen LogP contribution in [0.15, 0.2) is 95.9 Å². The van der Waals surface area contributed by atoms with E-state index in [1.165, 1.54) is 19.3 Å². The molecule has 14 nitrogen and oxygen atoms in total. The smallest absolute Gasteiger partial charge is 0.272 e. The lowest BCUT2D eigenvalue weighted by atomic mass is 10.0. The fraction of sp³-hybridized carbons (Fsp3) is 0.225. The van der Waals surface area contributed by atoms with Gasteiger partial charge < -0.3 is 30.9 Å². The number of carbonyl (C=O) groups is 2. The fourth-order valence-corrected chi connectivity index (χ4v) is 6.37. The molecule has 0 radical (unpaired) electrons. The number of fused-ring (bicyclic) bond motifs is 1. The van der Waals surface area contributed by atoms with Crippen molar-refractivity contribution in [3.8, 4) is 0 Å². The van der Waals surface area contributed by atoms with Crippen molar-refractivity contribution in [1.82, 2.24) is 35.4 Å². The highest BCUT2D eigenvalue weighted by Gasteiger charge is 2.25. The maximum atomic E-state index is 15.0. The minimum atomic E-state index is -1.16. The normalized spacial score (nSPS) is 13.1. The second kappa shape index (κ2) is 15.3. The third kappa shape index (κ3) is 8.11. The molecule has 3 aromatic heterocycles. The van der Waals surface area contributed by atoms with Crippen LogP contribution >= 0.6 is 0 Å². The number of piperazine rings is 1. The average molecular weight is 743 g/mol. The Kier molecular flexibility index (Phi) is 10.2. The molecule has 0 aliphatic carbocycles. The summed E-state index contributed by atoms with van der Waals surface area (Å²) >= 11 is 0. The molecule has 3 aromatic carbocycles. The van der Waals surface area contributed by atoms with Crippen LogP contribution in [0.1, 0.15) is 51.5 Å². The number of anilines is 5. The molecule has 15 heteroatoms. The number of amides is 2. The van der Waals surface area contributed by atoms with Gasteiger partial charge in [0.1, 0.15) is 28.6 Å². The molecule has 0 atom stereocenters. The van der Waals surface area contributed by atoms with Crippen molar-refractivity contribution in [3.63, 3.8) is 0 Å². The Morgan fingerprint density at radius 1 is 0.891 bits per heavy atom. The molecular weight excluding hydrogens is 704 g/mol. The first-order valence-corrected chi connectivity index (χ1v) is 17.7. The van der Waals surface area contributed by atoms with Gasteiger partial charge >= 0.3 is 0 Å². The number of benzene rings is 3. The number of halogens is 1. The predicted octanol–water partition coefficient (Wildman–Crippen LogP) is 4.87. The summed E-state index contributed by atoms with van der Waals surface area (Å²) in [6.07, 6.45) is 1.73. The number of carbonyl (C=O) groups excluding carboxylic acids is 2. The lowest BCUT2D eigenvalue weighted by molar-refractivity contribution is 0.0734. The average Bonchev–Trinajstić information content (AvgIpc) is 3.19. The SMILES string of the molecule is CNC(=O)c1cnc(Nc2ccc(N3CCN(C(=O)c4cc(Cc5n[nH]c(=O)c6ccccc56)ccc4F)CC3)cc2)nc1Nc1cccc(C(C)(C)O)n1. The minimum absolute atomic E-state index is 0.00192. The van der Waals surface area contributed by atoms with E-state index in [1.807, 2.05) is 36.4 Å². The first-order valence-electron chi connectivity index (χ1n) is 17.7. The molecule has 1 fully saturated rings. The van der Waals surface area contributed by atoms with Crippen molar-refractivity contribution in [3.05, 3.63) is 135 Å². The minimum Gasteiger partial charge on any atom is -0.384 e. The highest BCUT2D eigenvalue weighted by atomic mass is 19.1. The maximum Gasteiger partial charge on any atom is 0.272 e. The molecule has 0 bridgehead atoms. The predicted molar refractivity (Wildman–Crippen MR) is 208 cm³/mol. The molecule has 55 heavy (non-hydrogen) atoms. The Hall–Kier alpha value is -6.74. The van der Waals surface area contributed by atoms with Crippen molar-refractivity contribution in [2.75, 3.05) is 48.8 Å². The molecule has 7 rings (SSSR count). The van der Waals surface area contributed by atoms with E-state index in [4.69, 9.17) is 0 Å². The van der Waals surface area contributed by atoms with Gasteiger partial charge in [-0.25, -0.2) is 19.5 Å². The molecule has 4 heterocycles. The van der Waals surface area contributed by atoms with E-state index in [9.17, 15) is 19.5 Å². The molecule has 1 saturated heterocycles. The van der Waals surface area contributed by atoms with Crippen molar-refractivity contribution in [2.24, 2.45) is 0 Å². The summed E-state index contributed by atoms with van der Waals surface area (Å²) in [5, 5.41) is 27.2. The first kappa shape index (κ1) is 36.6. The summed E-state index contributed by atoms with van der Waals surface area (Å²) in [6.45, 7) is 5.19. The number of hydrogen-bond acceptors (Lipinski definition) is 11. The number of nitrogens with zero attached hydrogens (tertiary/aromatic N) is 6. The van der Waals surface area contributed by atoms with E-state index in [0.29, 0.717) is 71.8 Å². The Morgan fingerprint density at radius 3 is 2.36 bits per heavy atom. The van der Waals surface area contributed by atoms with Crippen LogP contribution in [0.2, 0.25) is 0 Å². The second-order valence-corrected chi connectivity index (χ2v) is 13.6.